The molecule has 0 unspecified atom stereocenters. The third kappa shape index (κ3) is 3.10. The first-order chi connectivity index (χ1) is 12.2. The Morgan fingerprint density at radius 1 is 1.40 bits per heavy atom. The van der Waals surface area contributed by atoms with Crippen molar-refractivity contribution >= 4 is 23.8 Å². The number of amides is 1. The Balaban J connectivity index is 1.49. The normalized spacial score (nSPS) is 19.9. The summed E-state index contributed by atoms with van der Waals surface area (Å²) in [6, 6.07) is 4.68. The van der Waals surface area contributed by atoms with Crippen LogP contribution in [0.4, 0.5) is 20.6 Å². The van der Waals surface area contributed by atoms with Crippen LogP contribution in [-0.2, 0) is 11.3 Å². The predicted octanol–water partition coefficient (Wildman–Crippen LogP) is 0.795. The molecule has 2 aliphatic heterocycles. The van der Waals surface area contributed by atoms with Crippen LogP contribution in [0.15, 0.2) is 35.7 Å². The van der Waals surface area contributed by atoms with Crippen LogP contribution >= 0.6 is 0 Å². The molecule has 130 valence electrons. The minimum Gasteiger partial charge on any atom is -0.442 e. The number of anilines is 2. The number of carbonyl (C=O) groups is 1. The van der Waals surface area contributed by atoms with Gasteiger partial charge in [0.05, 0.1) is 37.2 Å². The van der Waals surface area contributed by atoms with E-state index in [9.17, 15) is 9.18 Å². The minimum absolute atomic E-state index is 0.326. The number of cyclic esters (lactones) is 1. The summed E-state index contributed by atoms with van der Waals surface area (Å²) in [5.41, 5.74) is 3.69. The SMILES string of the molecule is O=C1O[C@@H](Cn2ccnn2)CN1c1ccc(N2C=NNCC2)c(F)c1. The number of benzene rings is 1. The summed E-state index contributed by atoms with van der Waals surface area (Å²) < 4.78 is 21.4. The van der Waals surface area contributed by atoms with Crippen LogP contribution in [0.5, 0.6) is 0 Å². The number of ether oxygens (including phenoxy) is 1. The van der Waals surface area contributed by atoms with Gasteiger partial charge in [-0.25, -0.2) is 13.9 Å². The Morgan fingerprint density at radius 2 is 2.32 bits per heavy atom. The number of hydrogen-bond acceptors (Lipinski definition) is 7. The van der Waals surface area contributed by atoms with E-state index in [-0.39, 0.29) is 6.10 Å². The van der Waals surface area contributed by atoms with Gasteiger partial charge in [0.25, 0.3) is 0 Å². The van der Waals surface area contributed by atoms with Gasteiger partial charge in [-0.1, -0.05) is 5.21 Å². The molecule has 9 nitrogen and oxygen atoms in total. The molecule has 10 heteroatoms. The number of rotatable bonds is 4. The molecule has 1 N–H and O–H groups in total. The Morgan fingerprint density at radius 3 is 3.04 bits per heavy atom. The van der Waals surface area contributed by atoms with Gasteiger partial charge in [0, 0.05) is 12.7 Å². The number of hydrazone groups is 1. The number of halogens is 1. The molecule has 0 bridgehead atoms. The van der Waals surface area contributed by atoms with Crippen LogP contribution in [0.1, 0.15) is 0 Å². The highest BCUT2D eigenvalue weighted by atomic mass is 19.1. The zero-order chi connectivity index (χ0) is 17.2. The molecule has 0 saturated carbocycles. The van der Waals surface area contributed by atoms with Crippen LogP contribution in [0.2, 0.25) is 0 Å². The van der Waals surface area contributed by atoms with Gasteiger partial charge >= 0.3 is 6.09 Å². The molecule has 1 saturated heterocycles. The lowest BCUT2D eigenvalue weighted by Gasteiger charge is -2.24. The summed E-state index contributed by atoms with van der Waals surface area (Å²) in [5.74, 6) is -0.418. The van der Waals surface area contributed by atoms with Gasteiger partial charge in [0.15, 0.2) is 0 Å². The lowest BCUT2D eigenvalue weighted by molar-refractivity contribution is 0.129. The topological polar surface area (TPSA) is 87.9 Å². The minimum atomic E-state index is -0.499. The standard InChI is InChI=1S/C15H16FN7O2/c16-13-7-11(1-2-14(13)21-5-3-17-19-10-21)23-9-12(25-15(23)24)8-22-6-4-18-20-22/h1-2,4,6-7,10,12,17H,3,5,8-9H2/t12-/m0/s1. The van der Waals surface area contributed by atoms with Crippen molar-refractivity contribution in [2.24, 2.45) is 5.10 Å². The van der Waals surface area contributed by atoms with E-state index in [0.717, 1.165) is 0 Å². The van der Waals surface area contributed by atoms with Gasteiger partial charge < -0.3 is 15.1 Å². The largest absolute Gasteiger partial charge is 0.442 e. The van der Waals surface area contributed by atoms with E-state index in [4.69, 9.17) is 4.74 Å². The highest BCUT2D eigenvalue weighted by Gasteiger charge is 2.33. The first-order valence-corrected chi connectivity index (χ1v) is 7.85. The Bertz CT molecular complexity index is 795. The van der Waals surface area contributed by atoms with Crippen molar-refractivity contribution in [2.45, 2.75) is 12.6 Å². The average molecular weight is 345 g/mol. The lowest BCUT2D eigenvalue weighted by atomic mass is 10.2. The van der Waals surface area contributed by atoms with Gasteiger partial charge in [0.2, 0.25) is 0 Å². The van der Waals surface area contributed by atoms with Crippen molar-refractivity contribution in [3.05, 3.63) is 36.4 Å². The third-order valence-electron chi connectivity index (χ3n) is 4.04. The average Bonchev–Trinajstić information content (AvgIpc) is 3.25. The second kappa shape index (κ2) is 6.38. The predicted molar refractivity (Wildman–Crippen MR) is 87.9 cm³/mol. The maximum Gasteiger partial charge on any atom is 0.414 e. The van der Waals surface area contributed by atoms with Gasteiger partial charge in [0.1, 0.15) is 18.3 Å². The molecular weight excluding hydrogens is 329 g/mol. The van der Waals surface area contributed by atoms with Crippen molar-refractivity contribution in [2.75, 3.05) is 29.4 Å². The highest BCUT2D eigenvalue weighted by molar-refractivity contribution is 5.90. The molecule has 0 spiro atoms. The van der Waals surface area contributed by atoms with E-state index in [2.05, 4.69) is 20.8 Å². The van der Waals surface area contributed by atoms with Crippen LogP contribution < -0.4 is 15.2 Å². The first kappa shape index (κ1) is 15.4. The molecule has 3 heterocycles. The van der Waals surface area contributed by atoms with Crippen molar-refractivity contribution in [3.8, 4) is 0 Å². The first-order valence-electron chi connectivity index (χ1n) is 7.85. The van der Waals surface area contributed by atoms with E-state index in [1.807, 2.05) is 0 Å². The van der Waals surface area contributed by atoms with Gasteiger partial charge in [-0.15, -0.1) is 5.10 Å². The summed E-state index contributed by atoms with van der Waals surface area (Å²) in [7, 11) is 0. The molecule has 0 radical (unpaired) electrons. The highest BCUT2D eigenvalue weighted by Crippen LogP contribution is 2.28. The fourth-order valence-electron chi connectivity index (χ4n) is 2.85. The lowest BCUT2D eigenvalue weighted by Crippen LogP contribution is -2.35. The summed E-state index contributed by atoms with van der Waals surface area (Å²) in [5, 5.41) is 11.5. The second-order valence-electron chi connectivity index (χ2n) is 5.72. The number of nitrogens with zero attached hydrogens (tertiary/aromatic N) is 6. The maximum absolute atomic E-state index is 14.5. The molecule has 1 aromatic carbocycles. The molecule has 1 atom stereocenters. The summed E-state index contributed by atoms with van der Waals surface area (Å²) in [6.45, 7) is 1.98. The Labute approximate surface area is 142 Å². The van der Waals surface area contributed by atoms with Gasteiger partial charge in [-0.05, 0) is 18.2 Å². The molecule has 2 aliphatic rings. The van der Waals surface area contributed by atoms with E-state index >= 15 is 0 Å². The van der Waals surface area contributed by atoms with Crippen LogP contribution in [0.25, 0.3) is 0 Å². The van der Waals surface area contributed by atoms with Gasteiger partial charge in [-0.3, -0.25) is 4.90 Å². The van der Waals surface area contributed by atoms with Gasteiger partial charge in [-0.2, -0.15) is 5.10 Å². The van der Waals surface area contributed by atoms with Crippen molar-refractivity contribution < 1.29 is 13.9 Å². The number of aromatic nitrogens is 3. The fourth-order valence-corrected chi connectivity index (χ4v) is 2.85. The Hall–Kier alpha value is -3.17. The van der Waals surface area contributed by atoms with Crippen LogP contribution in [-0.4, -0.2) is 53.2 Å². The molecule has 0 aliphatic carbocycles. The zero-order valence-corrected chi connectivity index (χ0v) is 13.2. The molecular formula is C15H16FN7O2. The molecule has 1 amide bonds. The quantitative estimate of drug-likeness (QED) is 0.882. The monoisotopic (exact) mass is 345 g/mol. The molecule has 1 fully saturated rings. The van der Waals surface area contributed by atoms with Crippen LogP contribution in [0.3, 0.4) is 0 Å². The van der Waals surface area contributed by atoms with E-state index in [1.54, 1.807) is 40.4 Å². The second-order valence-corrected chi connectivity index (χ2v) is 5.72. The summed E-state index contributed by atoms with van der Waals surface area (Å²) >= 11 is 0. The number of carbonyl (C=O) groups excluding carboxylic acids is 1. The number of nitrogens with one attached hydrogen (secondary N) is 1. The van der Waals surface area contributed by atoms with Crippen molar-refractivity contribution in [1.82, 2.24) is 20.4 Å². The number of hydrogen-bond donors (Lipinski definition) is 1. The summed E-state index contributed by atoms with van der Waals surface area (Å²) in [4.78, 5) is 15.2. The fraction of sp³-hybridized carbons (Fsp3) is 0.333. The smallest absolute Gasteiger partial charge is 0.414 e. The van der Waals surface area contributed by atoms with E-state index in [0.29, 0.717) is 37.6 Å². The van der Waals surface area contributed by atoms with Crippen molar-refractivity contribution in [3.63, 3.8) is 0 Å². The van der Waals surface area contributed by atoms with E-state index < -0.39 is 11.9 Å². The molecule has 2 aromatic rings. The van der Waals surface area contributed by atoms with Crippen molar-refractivity contribution in [1.29, 1.82) is 0 Å². The summed E-state index contributed by atoms with van der Waals surface area (Å²) in [6.07, 6.45) is 3.93. The third-order valence-corrected chi connectivity index (χ3v) is 4.04. The zero-order valence-electron chi connectivity index (χ0n) is 13.2. The van der Waals surface area contributed by atoms with E-state index in [1.165, 1.54) is 11.0 Å². The Kier molecular flexibility index (Phi) is 3.92. The molecule has 4 rings (SSSR count). The maximum atomic E-state index is 14.5. The van der Waals surface area contributed by atoms with Crippen LogP contribution in [0, 0.1) is 5.82 Å². The molecule has 25 heavy (non-hydrogen) atoms. The molecule has 1 aromatic heterocycles.